The Kier molecular flexibility index (Phi) is 3.05. The lowest BCUT2D eigenvalue weighted by atomic mass is 10.1. The molecule has 1 aliphatic rings. The first-order chi connectivity index (χ1) is 9.29. The number of rotatable bonds is 2. The predicted octanol–water partition coefficient (Wildman–Crippen LogP) is 1.76. The molecule has 5 nitrogen and oxygen atoms in total. The van der Waals surface area contributed by atoms with Crippen LogP contribution in [0.1, 0.15) is 23.3 Å². The minimum Gasteiger partial charge on any atom is -0.337 e. The molecule has 0 spiro atoms. The van der Waals surface area contributed by atoms with Crippen LogP contribution in [0.25, 0.3) is 10.8 Å². The molecule has 0 atom stereocenters. The number of anilines is 1. The van der Waals surface area contributed by atoms with Gasteiger partial charge in [-0.25, -0.2) is 10.8 Å². The summed E-state index contributed by atoms with van der Waals surface area (Å²) < 4.78 is 0. The first-order valence-electron chi connectivity index (χ1n) is 6.45. The summed E-state index contributed by atoms with van der Waals surface area (Å²) in [5.41, 5.74) is 3.03. The Morgan fingerprint density at radius 1 is 1.26 bits per heavy atom. The third kappa shape index (κ3) is 2.13. The highest BCUT2D eigenvalue weighted by Gasteiger charge is 2.21. The fraction of sp³-hybridized carbons (Fsp3) is 0.286. The van der Waals surface area contributed by atoms with Crippen molar-refractivity contribution in [1.82, 2.24) is 9.88 Å². The highest BCUT2D eigenvalue weighted by molar-refractivity contribution is 6.00. The van der Waals surface area contributed by atoms with Crippen molar-refractivity contribution in [2.75, 3.05) is 18.5 Å². The van der Waals surface area contributed by atoms with Crippen molar-refractivity contribution in [1.29, 1.82) is 0 Å². The van der Waals surface area contributed by atoms with E-state index < -0.39 is 0 Å². The quantitative estimate of drug-likeness (QED) is 0.634. The standard InChI is InChI=1S/C14H16N4O/c15-17-13-11-6-2-1-5-10(11)9-12(16-13)14(19)18-7-3-4-8-18/h1-2,5-6,9H,3-4,7-8,15H2,(H,16,17). The van der Waals surface area contributed by atoms with Gasteiger partial charge in [-0.05, 0) is 24.3 Å². The van der Waals surface area contributed by atoms with Crippen LogP contribution in [0.5, 0.6) is 0 Å². The van der Waals surface area contributed by atoms with Crippen LogP contribution in [0.4, 0.5) is 5.82 Å². The Morgan fingerprint density at radius 2 is 2.00 bits per heavy atom. The molecule has 0 unspecified atom stereocenters. The zero-order valence-corrected chi connectivity index (χ0v) is 10.6. The van der Waals surface area contributed by atoms with E-state index in [1.54, 1.807) is 0 Å². The molecular formula is C14H16N4O. The van der Waals surface area contributed by atoms with Crippen LogP contribution in [0.15, 0.2) is 30.3 Å². The van der Waals surface area contributed by atoms with Gasteiger partial charge in [0.15, 0.2) is 0 Å². The number of likely N-dealkylation sites (tertiary alicyclic amines) is 1. The van der Waals surface area contributed by atoms with E-state index in [2.05, 4.69) is 10.4 Å². The van der Waals surface area contributed by atoms with Crippen molar-refractivity contribution in [3.05, 3.63) is 36.0 Å². The molecule has 1 aliphatic heterocycles. The molecule has 1 amide bonds. The molecule has 3 N–H and O–H groups in total. The lowest BCUT2D eigenvalue weighted by Gasteiger charge is -2.15. The highest BCUT2D eigenvalue weighted by Crippen LogP contribution is 2.23. The monoisotopic (exact) mass is 256 g/mol. The molecule has 5 heteroatoms. The van der Waals surface area contributed by atoms with Gasteiger partial charge in [-0.3, -0.25) is 4.79 Å². The zero-order chi connectivity index (χ0) is 13.2. The molecule has 1 fully saturated rings. The second-order valence-electron chi connectivity index (χ2n) is 4.72. The SMILES string of the molecule is NNc1nc(C(=O)N2CCCC2)cc2ccccc12. The maximum absolute atomic E-state index is 12.4. The summed E-state index contributed by atoms with van der Waals surface area (Å²) in [6.07, 6.45) is 2.14. The van der Waals surface area contributed by atoms with Gasteiger partial charge in [0.1, 0.15) is 11.5 Å². The minimum atomic E-state index is -0.0141. The minimum absolute atomic E-state index is 0.0141. The number of aromatic nitrogens is 1. The van der Waals surface area contributed by atoms with Gasteiger partial charge in [-0.15, -0.1) is 0 Å². The first-order valence-corrected chi connectivity index (χ1v) is 6.45. The topological polar surface area (TPSA) is 71.2 Å². The summed E-state index contributed by atoms with van der Waals surface area (Å²) in [5.74, 6) is 6.03. The molecule has 98 valence electrons. The molecule has 1 aromatic heterocycles. The Bertz CT molecular complexity index is 620. The molecule has 3 rings (SSSR count). The van der Waals surface area contributed by atoms with Crippen LogP contribution >= 0.6 is 0 Å². The van der Waals surface area contributed by atoms with E-state index in [1.165, 1.54) is 0 Å². The number of carbonyl (C=O) groups excluding carboxylic acids is 1. The lowest BCUT2D eigenvalue weighted by Crippen LogP contribution is -2.28. The van der Waals surface area contributed by atoms with Crippen molar-refractivity contribution in [2.24, 2.45) is 5.84 Å². The largest absolute Gasteiger partial charge is 0.337 e. The maximum atomic E-state index is 12.4. The first kappa shape index (κ1) is 11.9. The molecule has 1 saturated heterocycles. The smallest absolute Gasteiger partial charge is 0.272 e. The van der Waals surface area contributed by atoms with Gasteiger partial charge in [0.25, 0.3) is 5.91 Å². The van der Waals surface area contributed by atoms with E-state index in [0.29, 0.717) is 11.5 Å². The zero-order valence-electron chi connectivity index (χ0n) is 10.6. The third-order valence-corrected chi connectivity index (χ3v) is 3.49. The molecule has 1 aromatic carbocycles. The molecular weight excluding hydrogens is 240 g/mol. The number of nitrogens with two attached hydrogens (primary N) is 1. The van der Waals surface area contributed by atoms with Crippen molar-refractivity contribution >= 4 is 22.5 Å². The van der Waals surface area contributed by atoms with Crippen LogP contribution < -0.4 is 11.3 Å². The average Bonchev–Trinajstić information content (AvgIpc) is 2.99. The molecule has 2 heterocycles. The predicted molar refractivity (Wildman–Crippen MR) is 74.7 cm³/mol. The number of amides is 1. The van der Waals surface area contributed by atoms with E-state index in [-0.39, 0.29) is 5.91 Å². The van der Waals surface area contributed by atoms with Crippen molar-refractivity contribution < 1.29 is 4.79 Å². The lowest BCUT2D eigenvalue weighted by molar-refractivity contribution is 0.0787. The number of nitrogen functional groups attached to an aromatic ring is 1. The molecule has 0 saturated carbocycles. The second-order valence-corrected chi connectivity index (χ2v) is 4.72. The number of benzene rings is 1. The average molecular weight is 256 g/mol. The van der Waals surface area contributed by atoms with Crippen LogP contribution in [-0.4, -0.2) is 28.9 Å². The molecule has 0 bridgehead atoms. The Balaban J connectivity index is 2.06. The summed E-state index contributed by atoms with van der Waals surface area (Å²) in [6, 6.07) is 9.58. The number of hydrogen-bond donors (Lipinski definition) is 2. The van der Waals surface area contributed by atoms with E-state index in [1.807, 2.05) is 35.2 Å². The van der Waals surface area contributed by atoms with Crippen molar-refractivity contribution in [3.63, 3.8) is 0 Å². The van der Waals surface area contributed by atoms with Crippen LogP contribution in [-0.2, 0) is 0 Å². The van der Waals surface area contributed by atoms with E-state index >= 15 is 0 Å². The molecule has 0 radical (unpaired) electrons. The van der Waals surface area contributed by atoms with Gasteiger partial charge in [-0.1, -0.05) is 24.3 Å². The summed E-state index contributed by atoms with van der Waals surface area (Å²) in [7, 11) is 0. The van der Waals surface area contributed by atoms with Gasteiger partial charge in [-0.2, -0.15) is 0 Å². The molecule has 0 aliphatic carbocycles. The maximum Gasteiger partial charge on any atom is 0.272 e. The summed E-state index contributed by atoms with van der Waals surface area (Å²) in [6.45, 7) is 1.64. The van der Waals surface area contributed by atoms with Crippen LogP contribution in [0.2, 0.25) is 0 Å². The van der Waals surface area contributed by atoms with Gasteiger partial charge >= 0.3 is 0 Å². The summed E-state index contributed by atoms with van der Waals surface area (Å²) in [5, 5.41) is 1.89. The van der Waals surface area contributed by atoms with Gasteiger partial charge in [0.2, 0.25) is 0 Å². The van der Waals surface area contributed by atoms with Crippen LogP contribution in [0, 0.1) is 0 Å². The van der Waals surface area contributed by atoms with E-state index in [0.717, 1.165) is 36.7 Å². The highest BCUT2D eigenvalue weighted by atomic mass is 16.2. The number of nitrogens with one attached hydrogen (secondary N) is 1. The van der Waals surface area contributed by atoms with Crippen molar-refractivity contribution in [2.45, 2.75) is 12.8 Å². The summed E-state index contributed by atoms with van der Waals surface area (Å²) >= 11 is 0. The van der Waals surface area contributed by atoms with Crippen LogP contribution in [0.3, 0.4) is 0 Å². The van der Waals surface area contributed by atoms with Gasteiger partial charge < -0.3 is 10.3 Å². The number of nitrogens with zero attached hydrogens (tertiary/aromatic N) is 2. The molecule has 2 aromatic rings. The Labute approximate surface area is 111 Å². The number of hydrogen-bond acceptors (Lipinski definition) is 4. The Hall–Kier alpha value is -2.14. The fourth-order valence-corrected chi connectivity index (χ4v) is 2.50. The number of carbonyl (C=O) groups is 1. The number of hydrazine groups is 1. The molecule has 19 heavy (non-hydrogen) atoms. The fourth-order valence-electron chi connectivity index (χ4n) is 2.50. The van der Waals surface area contributed by atoms with Gasteiger partial charge in [0.05, 0.1) is 0 Å². The van der Waals surface area contributed by atoms with Gasteiger partial charge in [0, 0.05) is 18.5 Å². The van der Waals surface area contributed by atoms with Crippen molar-refractivity contribution in [3.8, 4) is 0 Å². The second kappa shape index (κ2) is 4.85. The number of fused-ring (bicyclic) bond motifs is 1. The number of pyridine rings is 1. The Morgan fingerprint density at radius 3 is 2.74 bits per heavy atom. The normalized spacial score (nSPS) is 14.9. The summed E-state index contributed by atoms with van der Waals surface area (Å²) in [4.78, 5) is 18.5. The van der Waals surface area contributed by atoms with E-state index in [9.17, 15) is 4.79 Å². The third-order valence-electron chi connectivity index (χ3n) is 3.49. The van der Waals surface area contributed by atoms with E-state index in [4.69, 9.17) is 5.84 Å².